The van der Waals surface area contributed by atoms with Gasteiger partial charge in [0.2, 0.25) is 0 Å². The summed E-state index contributed by atoms with van der Waals surface area (Å²) in [5.41, 5.74) is 3.23. The Labute approximate surface area is 207 Å². The molecule has 0 N–H and O–H groups in total. The first-order chi connectivity index (χ1) is 17.1. The fourth-order valence-corrected chi connectivity index (χ4v) is 3.62. The third-order valence-electron chi connectivity index (χ3n) is 5.57. The van der Waals surface area contributed by atoms with Crippen molar-refractivity contribution in [2.45, 2.75) is 52.7 Å². The molecule has 0 aliphatic heterocycles. The van der Waals surface area contributed by atoms with Crippen molar-refractivity contribution in [2.75, 3.05) is 18.0 Å². The van der Waals surface area contributed by atoms with Crippen LogP contribution >= 0.6 is 0 Å². The van der Waals surface area contributed by atoms with E-state index >= 15 is 0 Å². The molecule has 0 amide bonds. The second kappa shape index (κ2) is 13.9. The highest BCUT2D eigenvalue weighted by Crippen LogP contribution is 2.21. The standard InChI is InChI=1S/C29H34N2O4/c1-3-5-17-31(18-6-4-2)27-19-25(21-34-28(32)23-13-9-7-10-14-23)30-26(20-27)22-35-29(33)24-15-11-8-12-16-24/h7-16,19-20H,3-6,17-18,21-22H2,1-2H3. The van der Waals surface area contributed by atoms with Gasteiger partial charge in [0.15, 0.2) is 0 Å². The summed E-state index contributed by atoms with van der Waals surface area (Å²) in [6.07, 6.45) is 4.33. The zero-order chi connectivity index (χ0) is 24.9. The summed E-state index contributed by atoms with van der Waals surface area (Å²) < 4.78 is 11.1. The number of benzene rings is 2. The van der Waals surface area contributed by atoms with E-state index in [1.54, 1.807) is 48.5 Å². The van der Waals surface area contributed by atoms with E-state index in [9.17, 15) is 9.59 Å². The molecule has 0 radical (unpaired) electrons. The predicted octanol–water partition coefficient (Wildman–Crippen LogP) is 6.20. The average Bonchev–Trinajstić information content (AvgIpc) is 2.91. The van der Waals surface area contributed by atoms with E-state index in [4.69, 9.17) is 9.47 Å². The van der Waals surface area contributed by atoms with E-state index in [0.717, 1.165) is 44.5 Å². The highest BCUT2D eigenvalue weighted by atomic mass is 16.5. The van der Waals surface area contributed by atoms with Crippen LogP contribution in [0.3, 0.4) is 0 Å². The Balaban J connectivity index is 1.79. The summed E-state index contributed by atoms with van der Waals surface area (Å²) in [5, 5.41) is 0. The van der Waals surface area contributed by atoms with Crippen LogP contribution in [0.25, 0.3) is 0 Å². The summed E-state index contributed by atoms with van der Waals surface area (Å²) in [5.74, 6) is -0.799. The molecule has 2 aromatic carbocycles. The number of nitrogens with zero attached hydrogens (tertiary/aromatic N) is 2. The third-order valence-corrected chi connectivity index (χ3v) is 5.57. The van der Waals surface area contributed by atoms with Crippen molar-refractivity contribution in [3.05, 3.63) is 95.3 Å². The lowest BCUT2D eigenvalue weighted by Crippen LogP contribution is -2.26. The van der Waals surface area contributed by atoms with Crippen molar-refractivity contribution in [3.8, 4) is 0 Å². The molecule has 0 saturated carbocycles. The summed E-state index contributed by atoms with van der Waals surface area (Å²) in [7, 11) is 0. The topological polar surface area (TPSA) is 68.7 Å². The fraction of sp³-hybridized carbons (Fsp3) is 0.345. The molecule has 6 nitrogen and oxygen atoms in total. The quantitative estimate of drug-likeness (QED) is 0.275. The molecule has 0 saturated heterocycles. The van der Waals surface area contributed by atoms with Gasteiger partial charge in [0.25, 0.3) is 0 Å². The van der Waals surface area contributed by atoms with E-state index in [0.29, 0.717) is 22.5 Å². The first-order valence-corrected chi connectivity index (χ1v) is 12.3. The van der Waals surface area contributed by atoms with E-state index in [2.05, 4.69) is 23.7 Å². The molecular weight excluding hydrogens is 440 g/mol. The van der Waals surface area contributed by atoms with Crippen LogP contribution in [0.1, 0.15) is 71.6 Å². The highest BCUT2D eigenvalue weighted by molar-refractivity contribution is 5.89. The molecule has 1 heterocycles. The van der Waals surface area contributed by atoms with Gasteiger partial charge in [0, 0.05) is 18.8 Å². The molecular formula is C29H34N2O4. The summed E-state index contributed by atoms with van der Waals surface area (Å²) >= 11 is 0. The van der Waals surface area contributed by atoms with Gasteiger partial charge in [-0.3, -0.25) is 4.98 Å². The Hall–Kier alpha value is -3.67. The molecule has 3 rings (SSSR count). The van der Waals surface area contributed by atoms with Crippen LogP contribution in [0.5, 0.6) is 0 Å². The molecule has 184 valence electrons. The van der Waals surface area contributed by atoms with Crippen molar-refractivity contribution >= 4 is 17.6 Å². The molecule has 6 heteroatoms. The molecule has 0 bridgehead atoms. The number of aromatic nitrogens is 1. The van der Waals surface area contributed by atoms with Crippen molar-refractivity contribution in [1.82, 2.24) is 4.98 Å². The number of hydrogen-bond donors (Lipinski definition) is 0. The van der Waals surface area contributed by atoms with Gasteiger partial charge in [-0.25, -0.2) is 9.59 Å². The number of ether oxygens (including phenoxy) is 2. The number of pyridine rings is 1. The number of rotatable bonds is 13. The second-order valence-electron chi connectivity index (χ2n) is 8.39. The largest absolute Gasteiger partial charge is 0.456 e. The molecule has 0 unspecified atom stereocenters. The van der Waals surface area contributed by atoms with E-state index in [1.165, 1.54) is 0 Å². The van der Waals surface area contributed by atoms with Gasteiger partial charge in [0.05, 0.1) is 22.5 Å². The van der Waals surface area contributed by atoms with Gasteiger partial charge in [-0.1, -0.05) is 63.1 Å². The monoisotopic (exact) mass is 474 g/mol. The summed E-state index contributed by atoms with van der Waals surface area (Å²) in [6.45, 7) is 6.27. The SMILES string of the molecule is CCCCN(CCCC)c1cc(COC(=O)c2ccccc2)nc(COC(=O)c2ccccc2)c1. The Morgan fingerprint density at radius 1 is 0.714 bits per heavy atom. The Kier molecular flexibility index (Phi) is 10.3. The van der Waals surface area contributed by atoms with Crippen LogP contribution in [-0.2, 0) is 22.7 Å². The minimum Gasteiger partial charge on any atom is -0.456 e. The maximum Gasteiger partial charge on any atom is 0.338 e. The smallest absolute Gasteiger partial charge is 0.338 e. The first-order valence-electron chi connectivity index (χ1n) is 12.3. The Bertz CT molecular complexity index is 989. The lowest BCUT2D eigenvalue weighted by molar-refractivity contribution is 0.0463. The van der Waals surface area contributed by atoms with Crippen LogP contribution in [0.15, 0.2) is 72.8 Å². The van der Waals surface area contributed by atoms with Crippen molar-refractivity contribution in [2.24, 2.45) is 0 Å². The van der Waals surface area contributed by atoms with Crippen LogP contribution in [-0.4, -0.2) is 30.0 Å². The Morgan fingerprint density at radius 3 is 1.54 bits per heavy atom. The number of carbonyl (C=O) groups is 2. The van der Waals surface area contributed by atoms with Crippen LogP contribution in [0, 0.1) is 0 Å². The van der Waals surface area contributed by atoms with Crippen LogP contribution in [0.4, 0.5) is 5.69 Å². The average molecular weight is 475 g/mol. The summed E-state index contributed by atoms with van der Waals surface area (Å²) in [6, 6.07) is 21.7. The molecule has 3 aromatic rings. The normalized spacial score (nSPS) is 10.6. The lowest BCUT2D eigenvalue weighted by atomic mass is 10.2. The van der Waals surface area contributed by atoms with Gasteiger partial charge < -0.3 is 14.4 Å². The number of anilines is 1. The molecule has 0 aliphatic rings. The number of carbonyl (C=O) groups excluding carboxylic acids is 2. The van der Waals surface area contributed by atoms with Crippen LogP contribution in [0.2, 0.25) is 0 Å². The molecule has 0 fully saturated rings. The van der Waals surface area contributed by atoms with Crippen LogP contribution < -0.4 is 4.90 Å². The fourth-order valence-electron chi connectivity index (χ4n) is 3.62. The third kappa shape index (κ3) is 8.25. The molecule has 0 spiro atoms. The second-order valence-corrected chi connectivity index (χ2v) is 8.39. The predicted molar refractivity (Wildman–Crippen MR) is 137 cm³/mol. The zero-order valence-corrected chi connectivity index (χ0v) is 20.6. The number of hydrogen-bond acceptors (Lipinski definition) is 6. The Morgan fingerprint density at radius 2 is 1.14 bits per heavy atom. The molecule has 0 atom stereocenters. The van der Waals surface area contributed by atoms with Crippen molar-refractivity contribution in [1.29, 1.82) is 0 Å². The zero-order valence-electron chi connectivity index (χ0n) is 20.6. The number of esters is 2. The van der Waals surface area contributed by atoms with Gasteiger partial charge in [-0.15, -0.1) is 0 Å². The van der Waals surface area contributed by atoms with E-state index < -0.39 is 11.9 Å². The molecule has 0 aliphatic carbocycles. The van der Waals surface area contributed by atoms with Gasteiger partial charge in [-0.05, 0) is 49.2 Å². The highest BCUT2D eigenvalue weighted by Gasteiger charge is 2.14. The van der Waals surface area contributed by atoms with Crippen molar-refractivity contribution < 1.29 is 19.1 Å². The van der Waals surface area contributed by atoms with Crippen molar-refractivity contribution in [3.63, 3.8) is 0 Å². The lowest BCUT2D eigenvalue weighted by Gasteiger charge is -2.25. The van der Waals surface area contributed by atoms with Gasteiger partial charge in [0.1, 0.15) is 13.2 Å². The van der Waals surface area contributed by atoms with E-state index in [1.807, 2.05) is 24.3 Å². The molecule has 1 aromatic heterocycles. The summed E-state index contributed by atoms with van der Waals surface area (Å²) in [4.78, 5) is 31.9. The van der Waals surface area contributed by atoms with Gasteiger partial charge in [-0.2, -0.15) is 0 Å². The van der Waals surface area contributed by atoms with Gasteiger partial charge >= 0.3 is 11.9 Å². The number of unbranched alkanes of at least 4 members (excludes halogenated alkanes) is 2. The molecule has 35 heavy (non-hydrogen) atoms. The first kappa shape index (κ1) is 25.9. The minimum absolute atomic E-state index is 0.0383. The van der Waals surface area contributed by atoms with E-state index in [-0.39, 0.29) is 13.2 Å². The maximum atomic E-state index is 12.4. The minimum atomic E-state index is -0.399. The maximum absolute atomic E-state index is 12.4.